The number of esters is 1. The molecule has 43 heavy (non-hydrogen) atoms. The molecule has 1 aromatic heterocycles. The van der Waals surface area contributed by atoms with Crippen LogP contribution in [0.2, 0.25) is 0 Å². The zero-order valence-corrected chi connectivity index (χ0v) is 22.2. The van der Waals surface area contributed by atoms with Gasteiger partial charge in [0.15, 0.2) is 23.0 Å². The highest BCUT2D eigenvalue weighted by Gasteiger charge is 2.38. The molecule has 1 aliphatic heterocycles. The van der Waals surface area contributed by atoms with Gasteiger partial charge in [-0.05, 0) is 29.8 Å². The van der Waals surface area contributed by atoms with Gasteiger partial charge < -0.3 is 39.4 Å². The van der Waals surface area contributed by atoms with E-state index in [9.17, 15) is 35.9 Å². The van der Waals surface area contributed by atoms with Crippen molar-refractivity contribution in [2.24, 2.45) is 5.92 Å². The average Bonchev–Trinajstić information content (AvgIpc) is 2.92. The molecule has 4 rings (SSSR count). The number of carbonyl (C=O) groups excluding carboxylic acids is 2. The van der Waals surface area contributed by atoms with Crippen molar-refractivity contribution in [2.45, 2.75) is 32.2 Å². The van der Waals surface area contributed by atoms with E-state index in [0.717, 1.165) is 0 Å². The number of carboxylic acids is 2. The van der Waals surface area contributed by atoms with E-state index in [-0.39, 0.29) is 11.3 Å². The van der Waals surface area contributed by atoms with E-state index in [1.54, 1.807) is 30.3 Å². The molecule has 1 aliphatic rings. The van der Waals surface area contributed by atoms with Crippen molar-refractivity contribution in [2.75, 3.05) is 13.2 Å². The molecule has 2 heterocycles. The van der Waals surface area contributed by atoms with E-state index in [1.807, 2.05) is 13.8 Å². The highest BCUT2D eigenvalue weighted by Crippen LogP contribution is 2.34. The molecule has 3 aromatic rings. The molecular weight excluding hydrogens is 600 g/mol. The fraction of sp³-hybridized carbons (Fsp3) is 0.308. The lowest BCUT2D eigenvalue weighted by molar-refractivity contribution is -0.417. The zero-order chi connectivity index (χ0) is 32.7. The molecule has 0 spiro atoms. The van der Waals surface area contributed by atoms with Crippen LogP contribution in [0.5, 0.6) is 17.2 Å². The van der Waals surface area contributed by atoms with Crippen molar-refractivity contribution in [1.29, 1.82) is 0 Å². The lowest BCUT2D eigenvalue weighted by atomic mass is 10.0. The maximum Gasteiger partial charge on any atom is 0.490 e. The van der Waals surface area contributed by atoms with Gasteiger partial charge in [-0.3, -0.25) is 4.79 Å². The lowest BCUT2D eigenvalue weighted by Gasteiger charge is -2.18. The lowest BCUT2D eigenvalue weighted by Crippen LogP contribution is -2.68. The van der Waals surface area contributed by atoms with Gasteiger partial charge in [0.1, 0.15) is 36.8 Å². The Labute approximate surface area is 237 Å². The summed E-state index contributed by atoms with van der Waals surface area (Å²) in [5.74, 6) is -4.55. The number of quaternary nitrogens is 1. The second kappa shape index (κ2) is 13.9. The smallest absolute Gasteiger partial charge is 0.490 e. The normalized spacial score (nSPS) is 13.2. The van der Waals surface area contributed by atoms with Crippen LogP contribution in [-0.2, 0) is 14.4 Å². The third-order valence-corrected chi connectivity index (χ3v) is 5.40. The number of ether oxygens (including phenoxy) is 3. The van der Waals surface area contributed by atoms with Gasteiger partial charge >= 0.3 is 24.3 Å². The number of carboxylic acid groups (broad SMARTS) is 2. The fourth-order valence-electron chi connectivity index (χ4n) is 3.05. The molecule has 4 N–H and O–H groups in total. The summed E-state index contributed by atoms with van der Waals surface area (Å²) in [6.45, 7) is 4.77. The van der Waals surface area contributed by atoms with Gasteiger partial charge in [-0.25, -0.2) is 9.59 Å². The van der Waals surface area contributed by atoms with Crippen molar-refractivity contribution in [1.82, 2.24) is 0 Å². The van der Waals surface area contributed by atoms with Gasteiger partial charge in [-0.15, -0.1) is 0 Å². The number of hydrogen-bond donors (Lipinski definition) is 2. The number of benzene rings is 2. The summed E-state index contributed by atoms with van der Waals surface area (Å²) in [5, 5.41) is 16.3. The van der Waals surface area contributed by atoms with Crippen molar-refractivity contribution < 1.29 is 75.3 Å². The van der Waals surface area contributed by atoms with Crippen molar-refractivity contribution in [3.8, 4) is 28.4 Å². The molecule has 0 saturated carbocycles. The predicted molar refractivity (Wildman–Crippen MR) is 131 cm³/mol. The first-order valence-corrected chi connectivity index (χ1v) is 11.9. The van der Waals surface area contributed by atoms with Gasteiger partial charge in [0.05, 0.1) is 10.9 Å². The Kier molecular flexibility index (Phi) is 11.1. The minimum atomic E-state index is -5.19. The van der Waals surface area contributed by atoms with Crippen LogP contribution in [0.3, 0.4) is 0 Å². The number of carbonyl (C=O) groups is 3. The van der Waals surface area contributed by atoms with Gasteiger partial charge in [0.2, 0.25) is 0 Å². The highest BCUT2D eigenvalue weighted by atomic mass is 19.4. The average molecular weight is 623 g/mol. The Bertz CT molecular complexity index is 1510. The van der Waals surface area contributed by atoms with E-state index in [0.29, 0.717) is 52.6 Å². The minimum Gasteiger partial charge on any atom is -0.542 e. The summed E-state index contributed by atoms with van der Waals surface area (Å²) >= 11 is 0. The molecule has 17 heteroatoms. The summed E-state index contributed by atoms with van der Waals surface area (Å²) in [4.78, 5) is 42.8. The van der Waals surface area contributed by atoms with Crippen LogP contribution in [0.1, 0.15) is 13.8 Å². The Morgan fingerprint density at radius 2 is 1.51 bits per heavy atom. The first-order chi connectivity index (χ1) is 19.8. The molecule has 0 radical (unpaired) electrons. The van der Waals surface area contributed by atoms with Crippen molar-refractivity contribution in [3.05, 3.63) is 52.9 Å². The first-order valence-electron chi connectivity index (χ1n) is 11.9. The largest absolute Gasteiger partial charge is 0.542 e. The standard InChI is InChI=1S/C22H21NO6.2C2HF3O2/c1-12(2)20(23)22(25)29-14-4-5-15-18(10-14)28-11-16(21(15)24)13-3-6-17-19(9-13)27-8-7-26-17;2*3-2(4,5)1(6)7/h3-6,9-12,20H,7-8,23H2,1-2H3;2*(H,6,7)/t20-;;/m1../s1. The quantitative estimate of drug-likeness (QED) is 0.249. The summed E-state index contributed by atoms with van der Waals surface area (Å²) in [6.07, 6.45) is -8.88. The number of rotatable bonds is 4. The number of fused-ring (bicyclic) bond motifs is 2. The molecule has 2 aromatic carbocycles. The van der Waals surface area contributed by atoms with Crippen LogP contribution < -0.4 is 30.5 Å². The molecular formula is C26H23F6NO10. The summed E-state index contributed by atoms with van der Waals surface area (Å²) in [7, 11) is 0. The second-order valence-electron chi connectivity index (χ2n) is 8.85. The topological polar surface area (TPSA) is 180 Å². The molecule has 0 amide bonds. The Morgan fingerprint density at radius 1 is 0.953 bits per heavy atom. The second-order valence-corrected chi connectivity index (χ2v) is 8.85. The van der Waals surface area contributed by atoms with Gasteiger partial charge in [0.25, 0.3) is 0 Å². The van der Waals surface area contributed by atoms with Crippen LogP contribution >= 0.6 is 0 Å². The Morgan fingerprint density at radius 3 is 2.02 bits per heavy atom. The zero-order valence-electron chi connectivity index (χ0n) is 22.2. The van der Waals surface area contributed by atoms with E-state index >= 15 is 0 Å². The third-order valence-electron chi connectivity index (χ3n) is 5.40. The molecule has 0 saturated heterocycles. The number of hydrogen-bond acceptors (Lipinski definition) is 9. The Hall–Kier alpha value is -4.80. The molecule has 0 unspecified atom stereocenters. The maximum absolute atomic E-state index is 13.0. The summed E-state index contributed by atoms with van der Waals surface area (Å²) < 4.78 is 85.4. The number of halogens is 6. The molecule has 0 fully saturated rings. The molecule has 0 aliphatic carbocycles. The van der Waals surface area contributed by atoms with Crippen LogP contribution in [0.15, 0.2) is 51.9 Å². The van der Waals surface area contributed by atoms with E-state index in [4.69, 9.17) is 38.4 Å². The fourth-order valence-corrected chi connectivity index (χ4v) is 3.05. The van der Waals surface area contributed by atoms with Crippen LogP contribution in [-0.4, -0.2) is 54.6 Å². The van der Waals surface area contributed by atoms with Crippen LogP contribution in [0.25, 0.3) is 22.1 Å². The molecule has 1 atom stereocenters. The number of alkyl halides is 6. The van der Waals surface area contributed by atoms with Crippen LogP contribution in [0.4, 0.5) is 26.3 Å². The maximum atomic E-state index is 13.0. The SMILES string of the molecule is CC(C)[C@@H]([NH3+])C(=O)Oc1ccc2c(=O)c(-c3ccc4c(c3)OCCO4)coc2c1.O=C(O)C(F)(F)F.O=C([O-])C(F)(F)F. The minimum absolute atomic E-state index is 0.0643. The molecule has 11 nitrogen and oxygen atoms in total. The van der Waals surface area contributed by atoms with E-state index < -0.39 is 36.3 Å². The molecule has 234 valence electrons. The third kappa shape index (κ3) is 9.63. The first kappa shape index (κ1) is 34.4. The van der Waals surface area contributed by atoms with Crippen molar-refractivity contribution in [3.63, 3.8) is 0 Å². The van der Waals surface area contributed by atoms with Gasteiger partial charge in [0, 0.05) is 12.0 Å². The number of aliphatic carboxylic acids is 2. The van der Waals surface area contributed by atoms with E-state index in [1.165, 1.54) is 12.3 Å². The highest BCUT2D eigenvalue weighted by molar-refractivity contribution is 5.84. The Balaban J connectivity index is 0.000000384. The summed E-state index contributed by atoms with van der Waals surface area (Å²) in [6, 6.07) is 9.58. The summed E-state index contributed by atoms with van der Waals surface area (Å²) in [5.41, 5.74) is 5.07. The van der Waals surface area contributed by atoms with Gasteiger partial charge in [-0.2, -0.15) is 26.3 Å². The monoisotopic (exact) mass is 623 g/mol. The predicted octanol–water partition coefficient (Wildman–Crippen LogP) is 2.33. The van der Waals surface area contributed by atoms with Crippen LogP contribution in [0, 0.1) is 5.92 Å². The molecule has 0 bridgehead atoms. The van der Waals surface area contributed by atoms with E-state index in [2.05, 4.69) is 5.73 Å². The van der Waals surface area contributed by atoms with Gasteiger partial charge in [-0.1, -0.05) is 19.9 Å². The van der Waals surface area contributed by atoms with Crippen molar-refractivity contribution >= 4 is 28.9 Å².